The molecule has 0 aromatic carbocycles. The molecule has 0 saturated heterocycles. The summed E-state index contributed by atoms with van der Waals surface area (Å²) < 4.78 is 13.5. The lowest BCUT2D eigenvalue weighted by Crippen LogP contribution is -2.24. The molecule has 0 aromatic heterocycles. The van der Waals surface area contributed by atoms with Crippen LogP contribution in [0.25, 0.3) is 0 Å². The number of carbonyl (C=O) groups is 1. The smallest absolute Gasteiger partial charge is 0.120 e. The number of rotatable bonds is 8. The summed E-state index contributed by atoms with van der Waals surface area (Å²) in [7, 11) is 0. The molecule has 1 aliphatic carbocycles. The van der Waals surface area contributed by atoms with Gasteiger partial charge < -0.3 is 20.1 Å². The molecule has 1 fully saturated rings. The van der Waals surface area contributed by atoms with E-state index in [1.165, 1.54) is 6.08 Å². The molecule has 116 valence electrons. The second-order valence-electron chi connectivity index (χ2n) is 5.57. The maximum absolute atomic E-state index is 13.5. The molecule has 0 bridgehead atoms. The van der Waals surface area contributed by atoms with Crippen LogP contribution in [0, 0.1) is 11.8 Å². The zero-order valence-electron chi connectivity index (χ0n) is 11.9. The highest BCUT2D eigenvalue weighted by Gasteiger charge is 2.43. The summed E-state index contributed by atoms with van der Waals surface area (Å²) in [6.07, 6.45) is 1.83. The van der Waals surface area contributed by atoms with Gasteiger partial charge in [0, 0.05) is 31.1 Å². The van der Waals surface area contributed by atoms with E-state index >= 15 is 0 Å². The molecule has 0 heterocycles. The van der Waals surface area contributed by atoms with Gasteiger partial charge in [0.15, 0.2) is 0 Å². The molecule has 3 N–H and O–H groups in total. The fraction of sp³-hybridized carbons (Fsp3) is 0.800. The summed E-state index contributed by atoms with van der Waals surface area (Å²) in [4.78, 5) is 10.6. The van der Waals surface area contributed by atoms with Crippen LogP contribution in [0.3, 0.4) is 0 Å². The fourth-order valence-electron chi connectivity index (χ4n) is 2.85. The number of aliphatic hydroxyl groups is 3. The van der Waals surface area contributed by atoms with Crippen molar-refractivity contribution in [1.82, 2.24) is 0 Å². The van der Waals surface area contributed by atoms with Crippen LogP contribution in [0.1, 0.15) is 45.4 Å². The first-order valence-corrected chi connectivity index (χ1v) is 7.34. The largest absolute Gasteiger partial charge is 0.512 e. The molecule has 0 amide bonds. The second-order valence-corrected chi connectivity index (χ2v) is 5.57. The van der Waals surface area contributed by atoms with Crippen LogP contribution < -0.4 is 0 Å². The number of aliphatic hydroxyl groups excluding tert-OH is 3. The van der Waals surface area contributed by atoms with Crippen molar-refractivity contribution in [2.45, 2.75) is 63.8 Å². The van der Waals surface area contributed by atoms with E-state index in [-0.39, 0.29) is 25.0 Å². The Labute approximate surface area is 119 Å². The van der Waals surface area contributed by atoms with Gasteiger partial charge in [0.1, 0.15) is 12.5 Å². The van der Waals surface area contributed by atoms with E-state index in [0.29, 0.717) is 12.7 Å². The van der Waals surface area contributed by atoms with Crippen molar-refractivity contribution >= 4 is 6.29 Å². The molecule has 1 unspecified atom stereocenters. The minimum Gasteiger partial charge on any atom is -0.512 e. The second kappa shape index (κ2) is 8.37. The molecule has 0 aliphatic heterocycles. The zero-order valence-corrected chi connectivity index (χ0v) is 11.9. The minimum absolute atomic E-state index is 0.0790. The summed E-state index contributed by atoms with van der Waals surface area (Å²) in [5.74, 6) is -1.28. The van der Waals surface area contributed by atoms with E-state index in [4.69, 9.17) is 0 Å². The van der Waals surface area contributed by atoms with Crippen LogP contribution in [-0.2, 0) is 4.79 Å². The van der Waals surface area contributed by atoms with Crippen molar-refractivity contribution in [2.24, 2.45) is 11.8 Å². The molecule has 5 atom stereocenters. The first-order valence-electron chi connectivity index (χ1n) is 7.34. The Balaban J connectivity index is 2.63. The van der Waals surface area contributed by atoms with E-state index in [1.807, 2.05) is 6.92 Å². The predicted octanol–water partition coefficient (Wildman–Crippen LogP) is 2.29. The van der Waals surface area contributed by atoms with Crippen LogP contribution in [0.4, 0.5) is 4.39 Å². The Bertz CT molecular complexity index is 332. The van der Waals surface area contributed by atoms with Gasteiger partial charge in [-0.2, -0.15) is 0 Å². The van der Waals surface area contributed by atoms with Gasteiger partial charge in [-0.25, -0.2) is 4.39 Å². The molecule has 0 aromatic rings. The fourth-order valence-corrected chi connectivity index (χ4v) is 2.85. The third kappa shape index (κ3) is 4.56. The Morgan fingerprint density at radius 2 is 2.10 bits per heavy atom. The molecular weight excluding hydrogens is 263 g/mol. The van der Waals surface area contributed by atoms with E-state index in [9.17, 15) is 24.5 Å². The quantitative estimate of drug-likeness (QED) is 0.473. The third-order valence-electron chi connectivity index (χ3n) is 4.02. The SMILES string of the molecule is CCCCC(F)CC=C(O)[C@H]1[C@H](CC=O)[C@H](O)C[C@@H]1O. The standard InChI is InChI=1S/C15H25FO4/c1-2-3-4-10(16)5-6-12(18)15-11(7-8-17)13(19)9-14(15)20/h6,8,10-11,13-15,18-20H,2-5,7,9H2,1H3/t10?,11-,13-,14+,15-/m1/s1. The number of hydrogen-bond donors (Lipinski definition) is 3. The summed E-state index contributed by atoms with van der Waals surface area (Å²) in [6, 6.07) is 0. The molecule has 0 spiro atoms. The van der Waals surface area contributed by atoms with Crippen molar-refractivity contribution < 1.29 is 24.5 Å². The van der Waals surface area contributed by atoms with Gasteiger partial charge in [-0.1, -0.05) is 19.8 Å². The van der Waals surface area contributed by atoms with Crippen LogP contribution in [-0.4, -0.2) is 40.0 Å². The summed E-state index contributed by atoms with van der Waals surface area (Å²) >= 11 is 0. The van der Waals surface area contributed by atoms with Gasteiger partial charge >= 0.3 is 0 Å². The number of halogens is 1. The average Bonchev–Trinajstić information content (AvgIpc) is 2.69. The van der Waals surface area contributed by atoms with Crippen molar-refractivity contribution in [1.29, 1.82) is 0 Å². The molecule has 0 radical (unpaired) electrons. The van der Waals surface area contributed by atoms with E-state index in [2.05, 4.69) is 0 Å². The summed E-state index contributed by atoms with van der Waals surface area (Å²) in [6.45, 7) is 1.99. The third-order valence-corrected chi connectivity index (χ3v) is 4.02. The van der Waals surface area contributed by atoms with Crippen LogP contribution in [0.5, 0.6) is 0 Å². The van der Waals surface area contributed by atoms with E-state index < -0.39 is 30.2 Å². The van der Waals surface area contributed by atoms with Gasteiger partial charge in [-0.05, 0) is 12.5 Å². The van der Waals surface area contributed by atoms with Gasteiger partial charge in [-0.3, -0.25) is 0 Å². The van der Waals surface area contributed by atoms with Crippen molar-refractivity contribution in [2.75, 3.05) is 0 Å². The first-order chi connectivity index (χ1) is 9.51. The first kappa shape index (κ1) is 17.1. The Hall–Kier alpha value is -0.940. The maximum atomic E-state index is 13.5. The number of alkyl halides is 1. The molecule has 5 heteroatoms. The van der Waals surface area contributed by atoms with Crippen molar-refractivity contribution in [3.05, 3.63) is 11.8 Å². The van der Waals surface area contributed by atoms with Gasteiger partial charge in [0.2, 0.25) is 0 Å². The normalized spacial score (nSPS) is 32.3. The molecule has 1 rings (SSSR count). The molecule has 4 nitrogen and oxygen atoms in total. The van der Waals surface area contributed by atoms with Crippen LogP contribution in [0.15, 0.2) is 11.8 Å². The number of aldehydes is 1. The number of carbonyl (C=O) groups excluding carboxylic acids is 1. The highest BCUT2D eigenvalue weighted by Crippen LogP contribution is 2.38. The van der Waals surface area contributed by atoms with Crippen LogP contribution >= 0.6 is 0 Å². The maximum Gasteiger partial charge on any atom is 0.120 e. The van der Waals surface area contributed by atoms with Gasteiger partial charge in [0.05, 0.1) is 18.0 Å². The van der Waals surface area contributed by atoms with Crippen molar-refractivity contribution in [3.8, 4) is 0 Å². The topological polar surface area (TPSA) is 77.8 Å². The zero-order chi connectivity index (χ0) is 15.1. The number of unbranched alkanes of at least 4 members (excludes halogenated alkanes) is 1. The molecule has 1 aliphatic rings. The highest BCUT2D eigenvalue weighted by atomic mass is 19.1. The number of allylic oxidation sites excluding steroid dienone is 1. The number of hydrogen-bond acceptors (Lipinski definition) is 4. The Morgan fingerprint density at radius 3 is 2.70 bits per heavy atom. The molecule has 20 heavy (non-hydrogen) atoms. The van der Waals surface area contributed by atoms with Crippen LogP contribution in [0.2, 0.25) is 0 Å². The van der Waals surface area contributed by atoms with Gasteiger partial charge in [-0.15, -0.1) is 0 Å². The molecule has 1 saturated carbocycles. The lowest BCUT2D eigenvalue weighted by Gasteiger charge is -2.21. The summed E-state index contributed by atoms with van der Waals surface area (Å²) in [5, 5.41) is 29.7. The lowest BCUT2D eigenvalue weighted by atomic mass is 9.89. The van der Waals surface area contributed by atoms with E-state index in [0.717, 1.165) is 12.8 Å². The Morgan fingerprint density at radius 1 is 1.40 bits per heavy atom. The Kier molecular flexibility index (Phi) is 7.16. The minimum atomic E-state index is -1.01. The molecular formula is C15H25FO4. The lowest BCUT2D eigenvalue weighted by molar-refractivity contribution is -0.109. The average molecular weight is 288 g/mol. The van der Waals surface area contributed by atoms with E-state index in [1.54, 1.807) is 0 Å². The predicted molar refractivity (Wildman–Crippen MR) is 74.0 cm³/mol. The van der Waals surface area contributed by atoms with Gasteiger partial charge in [0.25, 0.3) is 0 Å². The monoisotopic (exact) mass is 288 g/mol. The summed E-state index contributed by atoms with van der Waals surface area (Å²) in [5.41, 5.74) is 0. The highest BCUT2D eigenvalue weighted by molar-refractivity contribution is 5.50. The van der Waals surface area contributed by atoms with Crippen molar-refractivity contribution in [3.63, 3.8) is 0 Å².